The number of anilines is 1. The minimum atomic E-state index is -4.37. The summed E-state index contributed by atoms with van der Waals surface area (Å²) in [5.41, 5.74) is 2.27. The van der Waals surface area contributed by atoms with Gasteiger partial charge in [-0.05, 0) is 87.7 Å². The van der Waals surface area contributed by atoms with Gasteiger partial charge in [0.25, 0.3) is 10.0 Å². The molecule has 0 radical (unpaired) electrons. The Bertz CT molecular complexity index is 1860. The number of sulfonamides is 1. The zero-order valence-electron chi connectivity index (χ0n) is 29.8. The summed E-state index contributed by atoms with van der Waals surface area (Å²) in [7, 11) is -1.49. The molecule has 10 nitrogen and oxygen atoms in total. The molecule has 266 valence electrons. The zero-order valence-corrected chi connectivity index (χ0v) is 30.6. The smallest absolute Gasteiger partial charge is 0.264 e. The molecule has 0 saturated carbocycles. The summed E-state index contributed by atoms with van der Waals surface area (Å²) in [6.45, 7) is 9.33. The fraction of sp³-hybridized carbons (Fsp3) is 0.333. The number of aryl methyl sites for hydroxylation is 1. The number of rotatable bonds is 15. The van der Waals surface area contributed by atoms with Crippen molar-refractivity contribution in [1.82, 2.24) is 10.2 Å². The Kier molecular flexibility index (Phi) is 12.5. The van der Waals surface area contributed by atoms with E-state index in [4.69, 9.17) is 14.2 Å². The van der Waals surface area contributed by atoms with Gasteiger partial charge in [0.05, 0.1) is 31.4 Å². The van der Waals surface area contributed by atoms with Gasteiger partial charge < -0.3 is 24.4 Å². The molecule has 0 aliphatic rings. The second-order valence-electron chi connectivity index (χ2n) is 12.8. The zero-order chi connectivity index (χ0) is 36.5. The van der Waals surface area contributed by atoms with E-state index in [1.54, 1.807) is 24.3 Å². The number of hydrogen-bond acceptors (Lipinski definition) is 7. The first-order valence-electron chi connectivity index (χ1n) is 16.4. The van der Waals surface area contributed by atoms with Gasteiger partial charge in [0.2, 0.25) is 11.8 Å². The second kappa shape index (κ2) is 16.6. The highest BCUT2D eigenvalue weighted by molar-refractivity contribution is 7.92. The van der Waals surface area contributed by atoms with Crippen LogP contribution in [0.3, 0.4) is 0 Å². The van der Waals surface area contributed by atoms with Crippen LogP contribution < -0.4 is 23.8 Å². The van der Waals surface area contributed by atoms with E-state index in [0.717, 1.165) is 21.0 Å². The molecule has 1 atom stereocenters. The van der Waals surface area contributed by atoms with E-state index in [1.165, 1.54) is 37.3 Å². The molecule has 0 aromatic heterocycles. The minimum Gasteiger partial charge on any atom is -0.494 e. The summed E-state index contributed by atoms with van der Waals surface area (Å²) < 4.78 is 46.4. The molecule has 4 aromatic carbocycles. The van der Waals surface area contributed by atoms with E-state index in [1.807, 2.05) is 89.2 Å². The van der Waals surface area contributed by atoms with Gasteiger partial charge in [-0.2, -0.15) is 0 Å². The molecule has 1 unspecified atom stereocenters. The topological polar surface area (TPSA) is 114 Å². The van der Waals surface area contributed by atoms with Crippen LogP contribution >= 0.6 is 0 Å². The summed E-state index contributed by atoms with van der Waals surface area (Å²) in [5, 5.41) is 3.05. The third-order valence-corrected chi connectivity index (χ3v) is 9.80. The monoisotopic (exact) mass is 701 g/mol. The maximum absolute atomic E-state index is 14.8. The number of carbonyl (C=O) groups excluding carboxylic acids is 2. The molecule has 0 aliphatic heterocycles. The van der Waals surface area contributed by atoms with E-state index < -0.39 is 34.1 Å². The molecule has 0 bridgehead atoms. The molecule has 50 heavy (non-hydrogen) atoms. The van der Waals surface area contributed by atoms with Crippen molar-refractivity contribution in [1.29, 1.82) is 0 Å². The van der Waals surface area contributed by atoms with Crippen LogP contribution in [0.1, 0.15) is 44.4 Å². The Morgan fingerprint density at radius 2 is 1.48 bits per heavy atom. The number of hydrogen-bond donors (Lipinski definition) is 1. The maximum atomic E-state index is 14.8. The van der Waals surface area contributed by atoms with Crippen molar-refractivity contribution in [2.45, 2.75) is 64.1 Å². The van der Waals surface area contributed by atoms with Crippen LogP contribution in [0.15, 0.2) is 102 Å². The van der Waals surface area contributed by atoms with Crippen LogP contribution in [-0.2, 0) is 32.6 Å². The standard InChI is InChI=1S/C39H47N3O7S/c1-8-49-32-20-18-31(19-21-32)42(50(45,46)33-22-23-35(47-6)36(25-33)48-7)27-37(43)41(26-30-17-13-12-14-28(30)2)34(38(44)40-39(3,4)5)24-29-15-10-9-11-16-29/h9-23,25,34H,8,24,26-27H2,1-7H3,(H,40,44). The van der Waals surface area contributed by atoms with Crippen LogP contribution in [0.4, 0.5) is 5.69 Å². The summed E-state index contributed by atoms with van der Waals surface area (Å²) in [5.74, 6) is 0.214. The van der Waals surface area contributed by atoms with E-state index in [2.05, 4.69) is 5.32 Å². The van der Waals surface area contributed by atoms with Gasteiger partial charge in [0, 0.05) is 24.6 Å². The Labute approximate surface area is 296 Å². The van der Waals surface area contributed by atoms with E-state index >= 15 is 0 Å². The first-order valence-corrected chi connectivity index (χ1v) is 17.9. The number of methoxy groups -OCH3 is 2. The number of amides is 2. The average Bonchev–Trinajstić information content (AvgIpc) is 3.09. The lowest BCUT2D eigenvalue weighted by atomic mass is 10.00. The second-order valence-corrected chi connectivity index (χ2v) is 14.7. The van der Waals surface area contributed by atoms with E-state index in [-0.39, 0.29) is 35.2 Å². The van der Waals surface area contributed by atoms with Crippen LogP contribution in [0.2, 0.25) is 0 Å². The van der Waals surface area contributed by atoms with Gasteiger partial charge in [-0.3, -0.25) is 13.9 Å². The van der Waals surface area contributed by atoms with Crippen molar-refractivity contribution in [3.8, 4) is 17.2 Å². The number of nitrogens with zero attached hydrogens (tertiary/aromatic N) is 2. The molecule has 2 amide bonds. The molecular formula is C39H47N3O7S. The first-order chi connectivity index (χ1) is 23.8. The minimum absolute atomic E-state index is 0.0775. The lowest BCUT2D eigenvalue weighted by Crippen LogP contribution is -2.56. The Morgan fingerprint density at radius 1 is 0.840 bits per heavy atom. The fourth-order valence-electron chi connectivity index (χ4n) is 5.49. The number of nitrogens with one attached hydrogen (secondary N) is 1. The molecule has 0 heterocycles. The highest BCUT2D eigenvalue weighted by atomic mass is 32.2. The highest BCUT2D eigenvalue weighted by Crippen LogP contribution is 2.33. The number of carbonyl (C=O) groups is 2. The van der Waals surface area contributed by atoms with Gasteiger partial charge in [-0.25, -0.2) is 8.42 Å². The molecule has 11 heteroatoms. The van der Waals surface area contributed by atoms with Gasteiger partial charge >= 0.3 is 0 Å². The van der Waals surface area contributed by atoms with Crippen LogP contribution in [0.25, 0.3) is 0 Å². The van der Waals surface area contributed by atoms with Gasteiger partial charge in [-0.1, -0.05) is 54.6 Å². The van der Waals surface area contributed by atoms with Gasteiger partial charge in [-0.15, -0.1) is 0 Å². The van der Waals surface area contributed by atoms with E-state index in [9.17, 15) is 18.0 Å². The molecule has 4 rings (SSSR count). The van der Waals surface area contributed by atoms with Crippen LogP contribution in [0, 0.1) is 6.92 Å². The molecule has 0 spiro atoms. The van der Waals surface area contributed by atoms with Crippen molar-refractivity contribution >= 4 is 27.5 Å². The molecular weight excluding hydrogens is 655 g/mol. The first kappa shape index (κ1) is 37.8. The predicted octanol–water partition coefficient (Wildman–Crippen LogP) is 6.16. The maximum Gasteiger partial charge on any atom is 0.264 e. The average molecular weight is 702 g/mol. The summed E-state index contributed by atoms with van der Waals surface area (Å²) in [6.07, 6.45) is 0.214. The lowest BCUT2D eigenvalue weighted by Gasteiger charge is -2.35. The molecule has 0 fully saturated rings. The summed E-state index contributed by atoms with van der Waals surface area (Å²) >= 11 is 0. The normalized spacial score (nSPS) is 12.1. The third-order valence-electron chi connectivity index (χ3n) is 8.03. The lowest BCUT2D eigenvalue weighted by molar-refractivity contribution is -0.140. The summed E-state index contributed by atoms with van der Waals surface area (Å²) in [4.78, 5) is 30.3. The van der Waals surface area contributed by atoms with Gasteiger partial charge in [0.1, 0.15) is 18.3 Å². The van der Waals surface area contributed by atoms with Crippen LogP contribution in [-0.4, -0.2) is 64.1 Å². The quantitative estimate of drug-likeness (QED) is 0.158. The molecule has 1 N–H and O–H groups in total. The predicted molar refractivity (Wildman–Crippen MR) is 195 cm³/mol. The summed E-state index contributed by atoms with van der Waals surface area (Å²) in [6, 6.07) is 26.9. The Hall–Kier alpha value is -5.03. The molecule has 4 aromatic rings. The molecule has 0 aliphatic carbocycles. The highest BCUT2D eigenvalue weighted by Gasteiger charge is 2.36. The SMILES string of the molecule is CCOc1ccc(N(CC(=O)N(Cc2ccccc2C)C(Cc2ccccc2)C(=O)NC(C)(C)C)S(=O)(=O)c2ccc(OC)c(OC)c2)cc1. The molecule has 0 saturated heterocycles. The largest absolute Gasteiger partial charge is 0.494 e. The van der Waals surface area contributed by atoms with Crippen molar-refractivity contribution in [3.05, 3.63) is 114 Å². The van der Waals surface area contributed by atoms with Crippen molar-refractivity contribution in [2.24, 2.45) is 0 Å². The Balaban J connectivity index is 1.86. The third kappa shape index (κ3) is 9.56. The van der Waals surface area contributed by atoms with E-state index in [0.29, 0.717) is 18.1 Å². The van der Waals surface area contributed by atoms with Crippen LogP contribution in [0.5, 0.6) is 17.2 Å². The van der Waals surface area contributed by atoms with Crippen molar-refractivity contribution in [2.75, 3.05) is 31.7 Å². The van der Waals surface area contributed by atoms with Crippen molar-refractivity contribution in [3.63, 3.8) is 0 Å². The number of ether oxygens (including phenoxy) is 3. The fourth-order valence-corrected chi connectivity index (χ4v) is 6.92. The number of benzene rings is 4. The van der Waals surface area contributed by atoms with Crippen molar-refractivity contribution < 1.29 is 32.2 Å². The van der Waals surface area contributed by atoms with Gasteiger partial charge in [0.15, 0.2) is 11.5 Å². The Morgan fingerprint density at radius 3 is 2.08 bits per heavy atom.